The molecule has 118 valence electrons. The number of ether oxygens (including phenoxy) is 1. The summed E-state index contributed by atoms with van der Waals surface area (Å²) in [4.78, 5) is 5.83. The zero-order valence-electron chi connectivity index (χ0n) is 13.1. The van der Waals surface area contributed by atoms with E-state index < -0.39 is 0 Å². The van der Waals surface area contributed by atoms with Crippen LogP contribution in [0.3, 0.4) is 0 Å². The third-order valence-electron chi connectivity index (χ3n) is 3.06. The van der Waals surface area contributed by atoms with Crippen molar-refractivity contribution in [3.8, 4) is 5.75 Å². The number of aryl methyl sites for hydroxylation is 1. The van der Waals surface area contributed by atoms with Crippen molar-refractivity contribution in [1.29, 1.82) is 0 Å². The largest absolute Gasteiger partial charge is 0.491 e. The molecule has 0 aliphatic heterocycles. The first-order valence-electron chi connectivity index (χ1n) is 7.52. The molecular formula is C17H23N3OS. The predicted molar refractivity (Wildman–Crippen MR) is 93.8 cm³/mol. The Labute approximate surface area is 136 Å². The van der Waals surface area contributed by atoms with Crippen LogP contribution < -0.4 is 15.4 Å². The lowest BCUT2D eigenvalue weighted by Crippen LogP contribution is -2.39. The van der Waals surface area contributed by atoms with Gasteiger partial charge in [-0.05, 0) is 36.9 Å². The third kappa shape index (κ3) is 5.41. The molecule has 0 aliphatic carbocycles. The second-order valence-electron chi connectivity index (χ2n) is 4.82. The number of guanidine groups is 1. The molecule has 0 amide bonds. The molecule has 5 heteroatoms. The predicted octanol–water partition coefficient (Wildman–Crippen LogP) is 3.19. The molecule has 0 spiro atoms. The molecule has 2 rings (SSSR count). The maximum atomic E-state index is 5.77. The van der Waals surface area contributed by atoms with Crippen LogP contribution in [0.1, 0.15) is 17.4 Å². The SMILES string of the molecule is CCNC(=NCc1cccs1)NCCOc1ccccc1C. The summed E-state index contributed by atoms with van der Waals surface area (Å²) in [6.45, 7) is 6.97. The van der Waals surface area contributed by atoms with Crippen LogP contribution in [0.5, 0.6) is 5.75 Å². The first kappa shape index (κ1) is 16.4. The molecule has 1 aromatic carbocycles. The van der Waals surface area contributed by atoms with Gasteiger partial charge in [0.2, 0.25) is 0 Å². The van der Waals surface area contributed by atoms with Crippen molar-refractivity contribution in [2.45, 2.75) is 20.4 Å². The molecule has 2 aromatic rings. The first-order valence-corrected chi connectivity index (χ1v) is 8.40. The fraction of sp³-hybridized carbons (Fsp3) is 0.353. The van der Waals surface area contributed by atoms with Gasteiger partial charge in [0.05, 0.1) is 13.1 Å². The molecule has 0 unspecified atom stereocenters. The van der Waals surface area contributed by atoms with Crippen molar-refractivity contribution >= 4 is 17.3 Å². The highest BCUT2D eigenvalue weighted by atomic mass is 32.1. The van der Waals surface area contributed by atoms with Gasteiger partial charge in [0.1, 0.15) is 12.4 Å². The number of hydrogen-bond acceptors (Lipinski definition) is 3. The van der Waals surface area contributed by atoms with E-state index in [1.807, 2.05) is 24.3 Å². The van der Waals surface area contributed by atoms with Crippen molar-refractivity contribution in [3.05, 3.63) is 52.2 Å². The molecule has 2 N–H and O–H groups in total. The summed E-state index contributed by atoms with van der Waals surface area (Å²) in [5.41, 5.74) is 1.15. The van der Waals surface area contributed by atoms with Gasteiger partial charge in [0, 0.05) is 11.4 Å². The van der Waals surface area contributed by atoms with Crippen LogP contribution in [0.4, 0.5) is 0 Å². The molecule has 0 saturated heterocycles. The van der Waals surface area contributed by atoms with E-state index in [0.29, 0.717) is 19.7 Å². The van der Waals surface area contributed by atoms with Crippen LogP contribution in [0.25, 0.3) is 0 Å². The Kier molecular flexibility index (Phi) is 6.77. The quantitative estimate of drug-likeness (QED) is 0.468. The summed E-state index contributed by atoms with van der Waals surface area (Å²) >= 11 is 1.72. The Morgan fingerprint density at radius 1 is 1.18 bits per heavy atom. The van der Waals surface area contributed by atoms with Gasteiger partial charge in [0.15, 0.2) is 5.96 Å². The number of rotatable bonds is 7. The number of para-hydroxylation sites is 1. The van der Waals surface area contributed by atoms with E-state index in [9.17, 15) is 0 Å². The lowest BCUT2D eigenvalue weighted by Gasteiger charge is -2.12. The summed E-state index contributed by atoms with van der Waals surface area (Å²) in [7, 11) is 0. The maximum Gasteiger partial charge on any atom is 0.191 e. The second-order valence-corrected chi connectivity index (χ2v) is 5.85. The fourth-order valence-electron chi connectivity index (χ4n) is 1.95. The molecule has 0 fully saturated rings. The minimum Gasteiger partial charge on any atom is -0.491 e. The summed E-state index contributed by atoms with van der Waals surface area (Å²) in [6.07, 6.45) is 0. The van der Waals surface area contributed by atoms with Crippen LogP contribution >= 0.6 is 11.3 Å². The molecule has 0 aliphatic rings. The van der Waals surface area contributed by atoms with Crippen molar-refractivity contribution in [2.75, 3.05) is 19.7 Å². The maximum absolute atomic E-state index is 5.77. The van der Waals surface area contributed by atoms with E-state index in [-0.39, 0.29) is 0 Å². The van der Waals surface area contributed by atoms with Gasteiger partial charge < -0.3 is 15.4 Å². The molecule has 0 radical (unpaired) electrons. The highest BCUT2D eigenvalue weighted by molar-refractivity contribution is 7.09. The lowest BCUT2D eigenvalue weighted by atomic mass is 10.2. The van der Waals surface area contributed by atoms with Gasteiger partial charge in [0.25, 0.3) is 0 Å². The average Bonchev–Trinajstić information content (AvgIpc) is 3.04. The molecule has 0 bridgehead atoms. The Balaban J connectivity index is 1.77. The van der Waals surface area contributed by atoms with Crippen LogP contribution in [0.2, 0.25) is 0 Å². The summed E-state index contributed by atoms with van der Waals surface area (Å²) in [5, 5.41) is 8.61. The minimum atomic E-state index is 0.605. The van der Waals surface area contributed by atoms with Gasteiger partial charge in [-0.15, -0.1) is 11.3 Å². The number of thiophene rings is 1. The summed E-state index contributed by atoms with van der Waals surface area (Å²) < 4.78 is 5.77. The van der Waals surface area contributed by atoms with Crippen molar-refractivity contribution in [1.82, 2.24) is 10.6 Å². The van der Waals surface area contributed by atoms with Gasteiger partial charge in [-0.25, -0.2) is 4.99 Å². The lowest BCUT2D eigenvalue weighted by molar-refractivity contribution is 0.320. The number of hydrogen-bond donors (Lipinski definition) is 2. The third-order valence-corrected chi connectivity index (χ3v) is 3.92. The standard InChI is InChI=1S/C17H23N3OS/c1-3-18-17(20-13-15-8-6-12-22-15)19-10-11-21-16-9-5-4-7-14(16)2/h4-9,12H,3,10-11,13H2,1-2H3,(H2,18,19,20). The van der Waals surface area contributed by atoms with Gasteiger partial charge in [-0.3, -0.25) is 0 Å². The fourth-order valence-corrected chi connectivity index (χ4v) is 2.58. The van der Waals surface area contributed by atoms with Crippen LogP contribution in [-0.2, 0) is 6.54 Å². The van der Waals surface area contributed by atoms with E-state index in [4.69, 9.17) is 4.74 Å². The molecular weight excluding hydrogens is 294 g/mol. The van der Waals surface area contributed by atoms with Gasteiger partial charge >= 0.3 is 0 Å². The minimum absolute atomic E-state index is 0.605. The Bertz CT molecular complexity index is 581. The first-order chi connectivity index (χ1) is 10.8. The molecule has 22 heavy (non-hydrogen) atoms. The topological polar surface area (TPSA) is 45.7 Å². The van der Waals surface area contributed by atoms with Crippen molar-refractivity contribution in [3.63, 3.8) is 0 Å². The Hall–Kier alpha value is -2.01. The zero-order chi connectivity index (χ0) is 15.6. The highest BCUT2D eigenvalue weighted by Gasteiger charge is 2.00. The summed E-state index contributed by atoms with van der Waals surface area (Å²) in [5.74, 6) is 1.76. The summed E-state index contributed by atoms with van der Waals surface area (Å²) in [6, 6.07) is 12.2. The molecule has 4 nitrogen and oxygen atoms in total. The molecule has 1 heterocycles. The number of aliphatic imine (C=N–C) groups is 1. The van der Waals surface area contributed by atoms with E-state index >= 15 is 0 Å². The van der Waals surface area contributed by atoms with Crippen molar-refractivity contribution in [2.24, 2.45) is 4.99 Å². The number of nitrogens with zero attached hydrogens (tertiary/aromatic N) is 1. The zero-order valence-corrected chi connectivity index (χ0v) is 14.0. The molecule has 1 aromatic heterocycles. The second kappa shape index (κ2) is 9.10. The highest BCUT2D eigenvalue weighted by Crippen LogP contribution is 2.15. The van der Waals surface area contributed by atoms with Gasteiger partial charge in [-0.2, -0.15) is 0 Å². The number of benzene rings is 1. The van der Waals surface area contributed by atoms with E-state index in [1.165, 1.54) is 4.88 Å². The monoisotopic (exact) mass is 317 g/mol. The van der Waals surface area contributed by atoms with E-state index in [1.54, 1.807) is 11.3 Å². The van der Waals surface area contributed by atoms with E-state index in [0.717, 1.165) is 23.8 Å². The van der Waals surface area contributed by atoms with Crippen LogP contribution in [0.15, 0.2) is 46.8 Å². The van der Waals surface area contributed by atoms with E-state index in [2.05, 4.69) is 47.0 Å². The average molecular weight is 317 g/mol. The normalized spacial score (nSPS) is 11.3. The molecule has 0 atom stereocenters. The Morgan fingerprint density at radius 2 is 2.05 bits per heavy atom. The van der Waals surface area contributed by atoms with Crippen LogP contribution in [0, 0.1) is 6.92 Å². The van der Waals surface area contributed by atoms with Gasteiger partial charge in [-0.1, -0.05) is 24.3 Å². The van der Waals surface area contributed by atoms with Crippen molar-refractivity contribution < 1.29 is 4.74 Å². The number of nitrogens with one attached hydrogen (secondary N) is 2. The Morgan fingerprint density at radius 3 is 2.77 bits per heavy atom. The van der Waals surface area contributed by atoms with Crippen LogP contribution in [-0.4, -0.2) is 25.7 Å². The molecule has 0 saturated carbocycles. The smallest absolute Gasteiger partial charge is 0.191 e.